The maximum Gasteiger partial charge on any atom is 0.157 e. The first-order valence-corrected chi connectivity index (χ1v) is 9.27. The SMILES string of the molecule is NC(=NC(=NCc1ccccc1)c1ccc2ccccc2c1)c1ccccc1. The van der Waals surface area contributed by atoms with Gasteiger partial charge in [-0.1, -0.05) is 97.1 Å². The number of fused-ring (bicyclic) bond motifs is 1. The van der Waals surface area contributed by atoms with Crippen LogP contribution in [0.1, 0.15) is 16.7 Å². The van der Waals surface area contributed by atoms with E-state index in [0.717, 1.165) is 22.1 Å². The number of aliphatic imine (C=N–C) groups is 2. The Hall–Kier alpha value is -3.72. The van der Waals surface area contributed by atoms with Crippen LogP contribution in [0.5, 0.6) is 0 Å². The van der Waals surface area contributed by atoms with Crippen LogP contribution in [-0.2, 0) is 6.54 Å². The molecule has 4 aromatic carbocycles. The lowest BCUT2D eigenvalue weighted by molar-refractivity contribution is 1.06. The molecule has 0 unspecified atom stereocenters. The van der Waals surface area contributed by atoms with Crippen molar-refractivity contribution in [1.82, 2.24) is 0 Å². The van der Waals surface area contributed by atoms with E-state index < -0.39 is 0 Å². The Bertz CT molecular complexity index is 1130. The third-order valence-electron chi connectivity index (χ3n) is 4.56. The topological polar surface area (TPSA) is 50.7 Å². The van der Waals surface area contributed by atoms with Gasteiger partial charge in [-0.2, -0.15) is 0 Å². The highest BCUT2D eigenvalue weighted by molar-refractivity contribution is 6.11. The van der Waals surface area contributed by atoms with Crippen LogP contribution < -0.4 is 5.73 Å². The summed E-state index contributed by atoms with van der Waals surface area (Å²) in [5.41, 5.74) is 9.25. The normalized spacial score (nSPS) is 12.3. The summed E-state index contributed by atoms with van der Waals surface area (Å²) < 4.78 is 0. The zero-order valence-corrected chi connectivity index (χ0v) is 15.5. The fourth-order valence-electron chi connectivity index (χ4n) is 3.06. The van der Waals surface area contributed by atoms with Gasteiger partial charge in [0.2, 0.25) is 0 Å². The second-order valence-electron chi connectivity index (χ2n) is 6.55. The van der Waals surface area contributed by atoms with Crippen LogP contribution in [0.25, 0.3) is 10.8 Å². The Labute approximate surface area is 164 Å². The van der Waals surface area contributed by atoms with Crippen molar-refractivity contribution in [1.29, 1.82) is 0 Å². The summed E-state index contributed by atoms with van der Waals surface area (Å²) in [7, 11) is 0. The van der Waals surface area contributed by atoms with Gasteiger partial charge in [-0.15, -0.1) is 0 Å². The van der Waals surface area contributed by atoms with Crippen molar-refractivity contribution in [2.24, 2.45) is 15.7 Å². The summed E-state index contributed by atoms with van der Waals surface area (Å²) in [6.07, 6.45) is 0. The van der Waals surface area contributed by atoms with Crippen molar-refractivity contribution in [3.05, 3.63) is 120 Å². The first-order valence-electron chi connectivity index (χ1n) is 9.27. The van der Waals surface area contributed by atoms with E-state index in [4.69, 9.17) is 10.7 Å². The predicted molar refractivity (Wildman–Crippen MR) is 118 cm³/mol. The minimum Gasteiger partial charge on any atom is -0.383 e. The maximum absolute atomic E-state index is 6.28. The largest absolute Gasteiger partial charge is 0.383 e. The number of amidine groups is 2. The average Bonchev–Trinajstić information content (AvgIpc) is 2.77. The first kappa shape index (κ1) is 17.7. The van der Waals surface area contributed by atoms with Crippen LogP contribution in [0, 0.1) is 0 Å². The van der Waals surface area contributed by atoms with Crippen molar-refractivity contribution in [3.63, 3.8) is 0 Å². The van der Waals surface area contributed by atoms with Gasteiger partial charge in [-0.05, 0) is 22.4 Å². The van der Waals surface area contributed by atoms with Gasteiger partial charge in [-0.3, -0.25) is 4.99 Å². The molecule has 2 N–H and O–H groups in total. The smallest absolute Gasteiger partial charge is 0.157 e. The van der Waals surface area contributed by atoms with Crippen molar-refractivity contribution in [2.45, 2.75) is 6.54 Å². The van der Waals surface area contributed by atoms with Crippen LogP contribution in [-0.4, -0.2) is 11.7 Å². The molecule has 0 bridgehead atoms. The quantitative estimate of drug-likeness (QED) is 0.393. The maximum atomic E-state index is 6.28. The molecule has 0 atom stereocenters. The van der Waals surface area contributed by atoms with Gasteiger partial charge in [0, 0.05) is 11.1 Å². The Balaban J connectivity index is 1.75. The molecule has 28 heavy (non-hydrogen) atoms. The summed E-state index contributed by atoms with van der Waals surface area (Å²) in [5, 5.41) is 2.34. The molecule has 0 heterocycles. The Morgan fingerprint density at radius 1 is 0.643 bits per heavy atom. The Morgan fingerprint density at radius 2 is 1.29 bits per heavy atom. The number of hydrogen-bond donors (Lipinski definition) is 1. The van der Waals surface area contributed by atoms with Crippen LogP contribution >= 0.6 is 0 Å². The molecule has 0 radical (unpaired) electrons. The number of nitrogens with zero attached hydrogens (tertiary/aromatic N) is 2. The van der Waals surface area contributed by atoms with E-state index in [1.165, 1.54) is 5.39 Å². The minimum absolute atomic E-state index is 0.459. The predicted octanol–water partition coefficient (Wildman–Crippen LogP) is 5.19. The summed E-state index contributed by atoms with van der Waals surface area (Å²) in [5.74, 6) is 1.09. The van der Waals surface area contributed by atoms with Crippen molar-refractivity contribution in [3.8, 4) is 0 Å². The minimum atomic E-state index is 0.459. The molecule has 4 rings (SSSR count). The number of benzene rings is 4. The zero-order chi connectivity index (χ0) is 19.2. The molecule has 0 aliphatic heterocycles. The summed E-state index contributed by atoms with van der Waals surface area (Å²) in [4.78, 5) is 9.47. The molecule has 0 saturated carbocycles. The fourth-order valence-corrected chi connectivity index (χ4v) is 3.06. The van der Waals surface area contributed by atoms with Gasteiger partial charge in [0.05, 0.1) is 6.54 Å². The standard InChI is InChI=1S/C25H21N3/c26-24(21-12-5-2-6-13-21)28-25(27-18-19-9-3-1-4-10-19)23-16-15-20-11-7-8-14-22(20)17-23/h1-17H,18H2,(H2,26,27,28). The third kappa shape index (κ3) is 4.15. The van der Waals surface area contributed by atoms with Gasteiger partial charge >= 0.3 is 0 Å². The molecule has 0 amide bonds. The van der Waals surface area contributed by atoms with Crippen LogP contribution in [0.3, 0.4) is 0 Å². The van der Waals surface area contributed by atoms with E-state index in [-0.39, 0.29) is 0 Å². The van der Waals surface area contributed by atoms with E-state index in [0.29, 0.717) is 18.2 Å². The Morgan fingerprint density at radius 3 is 2.04 bits per heavy atom. The molecule has 4 aromatic rings. The zero-order valence-electron chi connectivity index (χ0n) is 15.5. The average molecular weight is 363 g/mol. The van der Waals surface area contributed by atoms with E-state index in [1.807, 2.05) is 66.7 Å². The molecule has 0 spiro atoms. The van der Waals surface area contributed by atoms with Gasteiger partial charge in [-0.25, -0.2) is 4.99 Å². The third-order valence-corrected chi connectivity index (χ3v) is 4.56. The van der Waals surface area contributed by atoms with Gasteiger partial charge in [0.1, 0.15) is 5.84 Å². The lowest BCUT2D eigenvalue weighted by Gasteiger charge is -2.07. The van der Waals surface area contributed by atoms with Crippen molar-refractivity contribution >= 4 is 22.4 Å². The van der Waals surface area contributed by atoms with E-state index in [9.17, 15) is 0 Å². The molecule has 0 aromatic heterocycles. The molecule has 136 valence electrons. The van der Waals surface area contributed by atoms with Crippen LogP contribution in [0.2, 0.25) is 0 Å². The number of hydrogen-bond acceptors (Lipinski definition) is 1. The van der Waals surface area contributed by atoms with Crippen molar-refractivity contribution < 1.29 is 0 Å². The highest BCUT2D eigenvalue weighted by Gasteiger charge is 2.06. The summed E-state index contributed by atoms with van der Waals surface area (Å²) in [6.45, 7) is 0.550. The van der Waals surface area contributed by atoms with Gasteiger partial charge < -0.3 is 5.73 Å². The van der Waals surface area contributed by atoms with Crippen LogP contribution in [0.15, 0.2) is 113 Å². The van der Waals surface area contributed by atoms with E-state index in [2.05, 4.69) is 41.4 Å². The van der Waals surface area contributed by atoms with Gasteiger partial charge in [0.15, 0.2) is 5.84 Å². The molecule has 0 fully saturated rings. The summed E-state index contributed by atoms with van der Waals surface area (Å²) >= 11 is 0. The Kier molecular flexibility index (Phi) is 5.25. The summed E-state index contributed by atoms with van der Waals surface area (Å²) in [6, 6.07) is 34.5. The van der Waals surface area contributed by atoms with E-state index in [1.54, 1.807) is 0 Å². The fraction of sp³-hybridized carbons (Fsp3) is 0.0400. The number of nitrogens with two attached hydrogens (primary N) is 1. The molecule has 0 aliphatic carbocycles. The monoisotopic (exact) mass is 363 g/mol. The highest BCUT2D eigenvalue weighted by Crippen LogP contribution is 2.17. The molecule has 0 aliphatic rings. The number of rotatable bonds is 4. The van der Waals surface area contributed by atoms with E-state index >= 15 is 0 Å². The molecule has 3 heteroatoms. The highest BCUT2D eigenvalue weighted by atomic mass is 15.0. The molecule has 0 saturated heterocycles. The second-order valence-corrected chi connectivity index (χ2v) is 6.55. The molecular weight excluding hydrogens is 342 g/mol. The molecular formula is C25H21N3. The van der Waals surface area contributed by atoms with Gasteiger partial charge in [0.25, 0.3) is 0 Å². The first-order chi connectivity index (χ1) is 13.8. The second kappa shape index (κ2) is 8.31. The lowest BCUT2D eigenvalue weighted by atomic mass is 10.1. The van der Waals surface area contributed by atoms with Crippen molar-refractivity contribution in [2.75, 3.05) is 0 Å². The van der Waals surface area contributed by atoms with Crippen LogP contribution in [0.4, 0.5) is 0 Å². The lowest BCUT2D eigenvalue weighted by Crippen LogP contribution is -2.16. The molecule has 3 nitrogen and oxygen atoms in total.